The summed E-state index contributed by atoms with van der Waals surface area (Å²) in [6, 6.07) is 10.3. The van der Waals surface area contributed by atoms with Crippen LogP contribution in [0.2, 0.25) is 0 Å². The minimum Gasteiger partial charge on any atom is -0.444 e. The molecule has 4 rings (SSSR count). The van der Waals surface area contributed by atoms with Gasteiger partial charge in [-0.1, -0.05) is 30.3 Å². The van der Waals surface area contributed by atoms with Gasteiger partial charge >= 0.3 is 6.09 Å². The second-order valence-corrected chi connectivity index (χ2v) is 6.97. The number of carbonyl (C=O) groups excluding carboxylic acids is 1. The molecule has 0 aromatic heterocycles. The highest BCUT2D eigenvalue weighted by atomic mass is 16.6. The van der Waals surface area contributed by atoms with E-state index in [0.29, 0.717) is 13.2 Å². The fourth-order valence-electron chi connectivity index (χ4n) is 3.18. The van der Waals surface area contributed by atoms with Crippen molar-refractivity contribution in [1.29, 1.82) is 0 Å². The first-order valence-electron chi connectivity index (χ1n) is 7.59. The Morgan fingerprint density at radius 3 is 2.62 bits per heavy atom. The summed E-state index contributed by atoms with van der Waals surface area (Å²) in [6.45, 7) is 6.87. The van der Waals surface area contributed by atoms with Crippen molar-refractivity contribution in [2.24, 2.45) is 0 Å². The van der Waals surface area contributed by atoms with Gasteiger partial charge in [-0.3, -0.25) is 4.90 Å². The Bertz CT molecular complexity index is 513. The van der Waals surface area contributed by atoms with Crippen LogP contribution in [0.5, 0.6) is 0 Å². The molecule has 0 saturated carbocycles. The number of rotatable bonds is 1. The first-order valence-corrected chi connectivity index (χ1v) is 7.59. The number of fused-ring (bicyclic) bond motifs is 3. The molecule has 4 heteroatoms. The Labute approximate surface area is 126 Å². The zero-order chi connectivity index (χ0) is 15.1. The molecule has 2 unspecified atom stereocenters. The molecule has 3 fully saturated rings. The molecule has 4 nitrogen and oxygen atoms in total. The number of hydrogen-bond acceptors (Lipinski definition) is 3. The van der Waals surface area contributed by atoms with Crippen LogP contribution in [-0.4, -0.2) is 35.8 Å². The number of piperidine rings is 1. The molecule has 3 aliphatic heterocycles. The average Bonchev–Trinajstić information content (AvgIpc) is 2.47. The van der Waals surface area contributed by atoms with E-state index < -0.39 is 5.60 Å². The van der Waals surface area contributed by atoms with E-state index in [2.05, 4.69) is 12.1 Å². The number of nitrogens with zero attached hydrogens (tertiary/aromatic N) is 1. The highest BCUT2D eigenvalue weighted by Gasteiger charge is 2.49. The van der Waals surface area contributed by atoms with Crippen LogP contribution in [0, 0.1) is 0 Å². The second-order valence-electron chi connectivity index (χ2n) is 6.97. The molecule has 1 aromatic carbocycles. The van der Waals surface area contributed by atoms with Crippen LogP contribution in [0.3, 0.4) is 0 Å². The molecule has 0 radical (unpaired) electrons. The summed E-state index contributed by atoms with van der Waals surface area (Å²) in [6.07, 6.45) is 1.70. The zero-order valence-electron chi connectivity index (χ0n) is 13.0. The molecule has 21 heavy (non-hydrogen) atoms. The standard InChI is InChI=1S/C17H23NO3/c1-16(2,3)21-15(19)18-12-17(10-9-14(18)11-20-17)13-7-5-4-6-8-13/h4-8,14H,9-12H2,1-3H3. The molecular weight excluding hydrogens is 266 g/mol. The first-order chi connectivity index (χ1) is 9.90. The van der Waals surface area contributed by atoms with Gasteiger partial charge in [0.1, 0.15) is 11.2 Å². The number of carbonyl (C=O) groups is 1. The summed E-state index contributed by atoms with van der Waals surface area (Å²) >= 11 is 0. The molecule has 114 valence electrons. The van der Waals surface area contributed by atoms with Gasteiger partial charge in [0.25, 0.3) is 0 Å². The van der Waals surface area contributed by atoms with Gasteiger partial charge in [-0.2, -0.15) is 0 Å². The van der Waals surface area contributed by atoms with E-state index in [1.165, 1.54) is 0 Å². The second kappa shape index (κ2) is 5.02. The van der Waals surface area contributed by atoms with Crippen LogP contribution in [0.1, 0.15) is 39.2 Å². The fourth-order valence-corrected chi connectivity index (χ4v) is 3.18. The molecule has 3 saturated heterocycles. The summed E-state index contributed by atoms with van der Waals surface area (Å²) < 4.78 is 11.7. The fraction of sp³-hybridized carbons (Fsp3) is 0.588. The third-order valence-electron chi connectivity index (χ3n) is 4.23. The number of amides is 1. The lowest BCUT2D eigenvalue weighted by Gasteiger charge is -2.52. The number of hydrogen-bond donors (Lipinski definition) is 0. The molecule has 3 aliphatic rings. The summed E-state index contributed by atoms with van der Waals surface area (Å²) in [4.78, 5) is 14.3. The van der Waals surface area contributed by atoms with Crippen molar-refractivity contribution < 1.29 is 14.3 Å². The highest BCUT2D eigenvalue weighted by Crippen LogP contribution is 2.42. The van der Waals surface area contributed by atoms with E-state index in [9.17, 15) is 4.79 Å². The van der Waals surface area contributed by atoms with Crippen LogP contribution in [0.15, 0.2) is 30.3 Å². The Kier molecular flexibility index (Phi) is 3.44. The van der Waals surface area contributed by atoms with E-state index in [0.717, 1.165) is 18.4 Å². The number of benzene rings is 1. The zero-order valence-corrected chi connectivity index (χ0v) is 13.0. The lowest BCUT2D eigenvalue weighted by Crippen LogP contribution is -2.62. The Morgan fingerprint density at radius 1 is 1.33 bits per heavy atom. The van der Waals surface area contributed by atoms with Crippen molar-refractivity contribution in [3.8, 4) is 0 Å². The van der Waals surface area contributed by atoms with Crippen molar-refractivity contribution in [3.05, 3.63) is 35.9 Å². The molecular formula is C17H23NO3. The lowest BCUT2D eigenvalue weighted by molar-refractivity contribution is -0.175. The normalized spacial score (nSPS) is 28.5. The van der Waals surface area contributed by atoms with Gasteiger partial charge in [0, 0.05) is 0 Å². The number of morpholine rings is 1. The topological polar surface area (TPSA) is 38.8 Å². The predicted octanol–water partition coefficient (Wildman–Crippen LogP) is 3.31. The van der Waals surface area contributed by atoms with Crippen molar-refractivity contribution in [1.82, 2.24) is 4.90 Å². The van der Waals surface area contributed by atoms with E-state index in [1.807, 2.05) is 43.9 Å². The van der Waals surface area contributed by atoms with Crippen molar-refractivity contribution in [3.63, 3.8) is 0 Å². The molecule has 0 spiro atoms. The maximum absolute atomic E-state index is 12.4. The monoisotopic (exact) mass is 289 g/mol. The van der Waals surface area contributed by atoms with E-state index in [4.69, 9.17) is 9.47 Å². The van der Waals surface area contributed by atoms with Gasteiger partial charge in [-0.25, -0.2) is 4.79 Å². The first kappa shape index (κ1) is 14.4. The van der Waals surface area contributed by atoms with E-state index in [1.54, 1.807) is 0 Å². The number of ether oxygens (including phenoxy) is 2. The molecule has 2 bridgehead atoms. The summed E-state index contributed by atoms with van der Waals surface area (Å²) in [5, 5.41) is 0. The quantitative estimate of drug-likeness (QED) is 0.796. The van der Waals surface area contributed by atoms with E-state index in [-0.39, 0.29) is 17.7 Å². The highest BCUT2D eigenvalue weighted by molar-refractivity contribution is 5.69. The minimum absolute atomic E-state index is 0.144. The predicted molar refractivity (Wildman–Crippen MR) is 80.0 cm³/mol. The maximum atomic E-state index is 12.4. The third kappa shape index (κ3) is 2.77. The minimum atomic E-state index is -0.464. The maximum Gasteiger partial charge on any atom is 0.410 e. The third-order valence-corrected chi connectivity index (χ3v) is 4.23. The summed E-state index contributed by atoms with van der Waals surface area (Å²) in [7, 11) is 0. The van der Waals surface area contributed by atoms with Gasteiger partial charge in [0.2, 0.25) is 0 Å². The Morgan fingerprint density at radius 2 is 2.05 bits per heavy atom. The van der Waals surface area contributed by atoms with Crippen LogP contribution >= 0.6 is 0 Å². The molecule has 2 atom stereocenters. The van der Waals surface area contributed by atoms with Crippen LogP contribution in [0.4, 0.5) is 4.79 Å². The largest absolute Gasteiger partial charge is 0.444 e. The van der Waals surface area contributed by atoms with Crippen LogP contribution in [0.25, 0.3) is 0 Å². The molecule has 1 amide bonds. The average molecular weight is 289 g/mol. The van der Waals surface area contributed by atoms with Crippen LogP contribution < -0.4 is 0 Å². The smallest absolute Gasteiger partial charge is 0.410 e. The Hall–Kier alpha value is -1.55. The van der Waals surface area contributed by atoms with Crippen molar-refractivity contribution >= 4 is 6.09 Å². The van der Waals surface area contributed by atoms with Crippen molar-refractivity contribution in [2.75, 3.05) is 13.2 Å². The lowest BCUT2D eigenvalue weighted by atomic mass is 9.80. The molecule has 1 aromatic rings. The van der Waals surface area contributed by atoms with Gasteiger partial charge in [0.05, 0.1) is 19.2 Å². The van der Waals surface area contributed by atoms with Gasteiger partial charge < -0.3 is 9.47 Å². The van der Waals surface area contributed by atoms with Gasteiger partial charge in [0.15, 0.2) is 0 Å². The summed E-state index contributed by atoms with van der Waals surface area (Å²) in [5.41, 5.74) is 0.318. The van der Waals surface area contributed by atoms with E-state index >= 15 is 0 Å². The summed E-state index contributed by atoms with van der Waals surface area (Å²) in [5.74, 6) is 0. The van der Waals surface area contributed by atoms with Gasteiger partial charge in [-0.05, 0) is 39.2 Å². The molecule has 3 heterocycles. The van der Waals surface area contributed by atoms with Gasteiger partial charge in [-0.15, -0.1) is 0 Å². The SMILES string of the molecule is CC(C)(C)OC(=O)N1CC2(c3ccccc3)CCC1CO2. The molecule has 0 N–H and O–H groups in total. The Balaban J connectivity index is 1.82. The van der Waals surface area contributed by atoms with Crippen molar-refractivity contribution in [2.45, 2.75) is 50.9 Å². The van der Waals surface area contributed by atoms with Crippen LogP contribution in [-0.2, 0) is 15.1 Å². The molecule has 0 aliphatic carbocycles.